The summed E-state index contributed by atoms with van der Waals surface area (Å²) in [6.07, 6.45) is 2.17. The summed E-state index contributed by atoms with van der Waals surface area (Å²) in [5, 5.41) is 3.59. The summed E-state index contributed by atoms with van der Waals surface area (Å²) < 4.78 is 13.9. The second-order valence-electron chi connectivity index (χ2n) is 4.56. The topological polar surface area (TPSA) is 32.3 Å². The van der Waals surface area contributed by atoms with Crippen molar-refractivity contribution in [2.75, 3.05) is 20.1 Å². The minimum absolute atomic E-state index is 0.244. The molecule has 0 aromatic heterocycles. The van der Waals surface area contributed by atoms with Gasteiger partial charge in [-0.25, -0.2) is 8.51 Å². The highest BCUT2D eigenvalue weighted by atomic mass is 32.2. The van der Waals surface area contributed by atoms with Gasteiger partial charge in [0.2, 0.25) is 0 Å². The fraction of sp³-hybridized carbons (Fsp3) is 1.00. The molecule has 1 fully saturated rings. The molecule has 4 heteroatoms. The summed E-state index contributed by atoms with van der Waals surface area (Å²) >= 11 is 0. The molecule has 0 radical (unpaired) electrons. The minimum atomic E-state index is -0.788. The van der Waals surface area contributed by atoms with Gasteiger partial charge in [0, 0.05) is 23.9 Å². The lowest BCUT2D eigenvalue weighted by molar-refractivity contribution is 0.224. The van der Waals surface area contributed by atoms with Crippen LogP contribution in [0.2, 0.25) is 0 Å². The maximum atomic E-state index is 11.8. The van der Waals surface area contributed by atoms with E-state index in [1.807, 2.05) is 20.9 Å². The molecule has 0 saturated carbocycles. The zero-order valence-corrected chi connectivity index (χ0v) is 10.5. The van der Waals surface area contributed by atoms with Crippen molar-refractivity contribution in [2.24, 2.45) is 0 Å². The van der Waals surface area contributed by atoms with Gasteiger partial charge in [0.05, 0.1) is 11.0 Å². The van der Waals surface area contributed by atoms with Gasteiger partial charge >= 0.3 is 0 Å². The van der Waals surface area contributed by atoms with E-state index >= 15 is 0 Å². The Kier molecular flexibility index (Phi) is 4.10. The fourth-order valence-corrected chi connectivity index (χ4v) is 2.85. The van der Waals surface area contributed by atoms with E-state index in [9.17, 15) is 4.21 Å². The molecule has 1 N–H and O–H groups in total. The van der Waals surface area contributed by atoms with Crippen molar-refractivity contribution in [3.05, 3.63) is 0 Å². The number of nitrogens with one attached hydrogen (secondary N) is 1. The number of hydrogen-bond acceptors (Lipinski definition) is 2. The van der Waals surface area contributed by atoms with Gasteiger partial charge in [-0.05, 0) is 40.7 Å². The molecule has 1 heterocycles. The zero-order chi connectivity index (χ0) is 10.8. The quantitative estimate of drug-likeness (QED) is 0.770. The monoisotopic (exact) mass is 218 g/mol. The van der Waals surface area contributed by atoms with Crippen LogP contribution in [-0.2, 0) is 11.0 Å². The Hall–Kier alpha value is 0.0700. The lowest BCUT2D eigenvalue weighted by atomic mass is 9.91. The van der Waals surface area contributed by atoms with Gasteiger partial charge in [-0.3, -0.25) is 0 Å². The summed E-state index contributed by atoms with van der Waals surface area (Å²) in [5.41, 5.74) is 0.248. The summed E-state index contributed by atoms with van der Waals surface area (Å²) in [5.74, 6) is 0. The van der Waals surface area contributed by atoms with Crippen LogP contribution in [0.25, 0.3) is 0 Å². The van der Waals surface area contributed by atoms with Crippen LogP contribution >= 0.6 is 0 Å². The van der Waals surface area contributed by atoms with Crippen molar-refractivity contribution in [3.63, 3.8) is 0 Å². The lowest BCUT2D eigenvalue weighted by Gasteiger charge is -2.39. The lowest BCUT2D eigenvalue weighted by Crippen LogP contribution is -2.50. The molecule has 0 aliphatic carbocycles. The number of rotatable bonds is 3. The Bertz CT molecular complexity index is 210. The SMILES string of the molecule is CNC1(C)CCN(S(=O)C(C)C)CC1. The average Bonchev–Trinajstić information content (AvgIpc) is 2.18. The average molecular weight is 218 g/mol. The highest BCUT2D eigenvalue weighted by Crippen LogP contribution is 2.22. The van der Waals surface area contributed by atoms with E-state index in [-0.39, 0.29) is 10.8 Å². The Labute approximate surface area is 89.8 Å². The predicted octanol–water partition coefficient (Wildman–Crippen LogP) is 1.13. The van der Waals surface area contributed by atoms with Gasteiger partial charge < -0.3 is 5.32 Å². The maximum absolute atomic E-state index is 11.8. The van der Waals surface area contributed by atoms with Crippen LogP contribution in [0, 0.1) is 0 Å². The Morgan fingerprint density at radius 1 is 1.36 bits per heavy atom. The van der Waals surface area contributed by atoms with Crippen LogP contribution in [0.1, 0.15) is 33.6 Å². The summed E-state index contributed by atoms with van der Waals surface area (Å²) in [6.45, 7) is 8.16. The second kappa shape index (κ2) is 4.73. The third kappa shape index (κ3) is 2.78. The molecule has 0 amide bonds. The van der Waals surface area contributed by atoms with E-state index in [1.54, 1.807) is 0 Å². The molecule has 1 atom stereocenters. The standard InChI is InChI=1S/C10H22N2OS/c1-9(2)14(13)12-7-5-10(3,11-4)6-8-12/h9,11H,5-8H2,1-4H3. The van der Waals surface area contributed by atoms with Gasteiger partial charge in [-0.1, -0.05) is 0 Å². The molecule has 0 spiro atoms. The van der Waals surface area contributed by atoms with Crippen LogP contribution in [-0.4, -0.2) is 39.4 Å². The first-order chi connectivity index (χ1) is 6.48. The molecular weight excluding hydrogens is 196 g/mol. The van der Waals surface area contributed by atoms with Crippen LogP contribution in [0.4, 0.5) is 0 Å². The van der Waals surface area contributed by atoms with Crippen LogP contribution in [0.5, 0.6) is 0 Å². The second-order valence-corrected chi connectivity index (χ2v) is 6.58. The van der Waals surface area contributed by atoms with E-state index in [2.05, 4.69) is 16.5 Å². The molecule has 1 aliphatic rings. The van der Waals surface area contributed by atoms with Gasteiger partial charge in [0.1, 0.15) is 0 Å². The van der Waals surface area contributed by atoms with Crippen molar-refractivity contribution in [1.82, 2.24) is 9.62 Å². The summed E-state index contributed by atoms with van der Waals surface area (Å²) in [7, 11) is 1.22. The van der Waals surface area contributed by atoms with Crippen molar-refractivity contribution in [3.8, 4) is 0 Å². The summed E-state index contributed by atoms with van der Waals surface area (Å²) in [4.78, 5) is 0. The summed E-state index contributed by atoms with van der Waals surface area (Å²) in [6, 6.07) is 0. The van der Waals surface area contributed by atoms with Crippen molar-refractivity contribution in [2.45, 2.75) is 44.4 Å². The van der Waals surface area contributed by atoms with E-state index in [0.29, 0.717) is 0 Å². The molecular formula is C10H22N2OS. The first kappa shape index (κ1) is 12.1. The zero-order valence-electron chi connectivity index (χ0n) is 9.67. The van der Waals surface area contributed by atoms with Crippen LogP contribution < -0.4 is 5.32 Å². The maximum Gasteiger partial charge on any atom is 0.0968 e. The molecule has 14 heavy (non-hydrogen) atoms. The first-order valence-corrected chi connectivity index (χ1v) is 6.50. The van der Waals surface area contributed by atoms with Gasteiger partial charge in [-0.2, -0.15) is 0 Å². The third-order valence-electron chi connectivity index (χ3n) is 3.09. The minimum Gasteiger partial charge on any atom is -0.314 e. The van der Waals surface area contributed by atoms with Crippen molar-refractivity contribution in [1.29, 1.82) is 0 Å². The smallest absolute Gasteiger partial charge is 0.0968 e. The highest BCUT2D eigenvalue weighted by Gasteiger charge is 2.30. The molecule has 84 valence electrons. The first-order valence-electron chi connectivity index (χ1n) is 5.33. The molecule has 0 aromatic carbocycles. The highest BCUT2D eigenvalue weighted by molar-refractivity contribution is 7.83. The molecule has 0 bridgehead atoms. The number of piperidine rings is 1. The Balaban J connectivity index is 2.47. The number of hydrogen-bond donors (Lipinski definition) is 1. The van der Waals surface area contributed by atoms with E-state index in [0.717, 1.165) is 25.9 Å². The molecule has 1 aliphatic heterocycles. The third-order valence-corrected chi connectivity index (χ3v) is 4.77. The molecule has 1 rings (SSSR count). The van der Waals surface area contributed by atoms with Crippen molar-refractivity contribution < 1.29 is 4.21 Å². The molecule has 0 aromatic rings. The fourth-order valence-electron chi connectivity index (χ4n) is 1.71. The van der Waals surface area contributed by atoms with Gasteiger partial charge in [0.25, 0.3) is 0 Å². The van der Waals surface area contributed by atoms with Gasteiger partial charge in [0.15, 0.2) is 0 Å². The normalized spacial score (nSPS) is 25.2. The van der Waals surface area contributed by atoms with E-state index in [4.69, 9.17) is 0 Å². The molecule has 3 nitrogen and oxygen atoms in total. The van der Waals surface area contributed by atoms with Crippen molar-refractivity contribution >= 4 is 11.0 Å². The Morgan fingerprint density at radius 3 is 2.21 bits per heavy atom. The largest absolute Gasteiger partial charge is 0.314 e. The van der Waals surface area contributed by atoms with Crippen LogP contribution in [0.15, 0.2) is 0 Å². The molecule has 1 unspecified atom stereocenters. The Morgan fingerprint density at radius 2 is 1.86 bits per heavy atom. The van der Waals surface area contributed by atoms with E-state index < -0.39 is 11.0 Å². The van der Waals surface area contributed by atoms with E-state index in [1.165, 1.54) is 0 Å². The number of nitrogens with zero attached hydrogens (tertiary/aromatic N) is 1. The predicted molar refractivity (Wildman–Crippen MR) is 61.6 cm³/mol. The van der Waals surface area contributed by atoms with Gasteiger partial charge in [-0.15, -0.1) is 0 Å². The van der Waals surface area contributed by atoms with Crippen LogP contribution in [0.3, 0.4) is 0 Å². The molecule has 1 saturated heterocycles.